The van der Waals surface area contributed by atoms with Gasteiger partial charge in [-0.05, 0) is 70.5 Å². The van der Waals surface area contributed by atoms with Crippen molar-refractivity contribution >= 4 is 47.9 Å². The molecule has 1 aliphatic carbocycles. The molecule has 0 bridgehead atoms. The minimum Gasteiger partial charge on any atom is -0.305 e. The van der Waals surface area contributed by atoms with E-state index in [1.165, 1.54) is 21.1 Å². The van der Waals surface area contributed by atoms with Gasteiger partial charge in [0.1, 0.15) is 11.2 Å². The predicted molar refractivity (Wildman–Crippen MR) is 158 cm³/mol. The summed E-state index contributed by atoms with van der Waals surface area (Å²) in [5.74, 6) is 0. The lowest BCUT2D eigenvalue weighted by Gasteiger charge is -2.33. The minimum atomic E-state index is -4.73. The molecule has 3 aromatic rings. The van der Waals surface area contributed by atoms with Crippen LogP contribution < -0.4 is 4.72 Å². The van der Waals surface area contributed by atoms with Gasteiger partial charge < -0.3 is 4.90 Å². The third-order valence-electron chi connectivity index (χ3n) is 7.58. The van der Waals surface area contributed by atoms with Crippen molar-refractivity contribution in [3.8, 4) is 16.8 Å². The molecule has 18 heteroatoms. The maximum absolute atomic E-state index is 13.7. The molecule has 0 amide bonds. The molecule has 5 rings (SSSR count). The molecule has 1 aliphatic heterocycles. The number of nitriles is 1. The quantitative estimate of drug-likeness (QED) is 0.361. The second kappa shape index (κ2) is 11.1. The maximum Gasteiger partial charge on any atom is 0.445 e. The van der Waals surface area contributed by atoms with Crippen molar-refractivity contribution in [1.29, 1.82) is 5.26 Å². The van der Waals surface area contributed by atoms with Crippen LogP contribution in [0.5, 0.6) is 0 Å². The fraction of sp³-hybridized carbons (Fsp3) is 0.538. The fourth-order valence-electron chi connectivity index (χ4n) is 5.21. The number of benzene rings is 1. The SMILES string of the molecule is CC(C)S(=O)(=O)N1CCC(c2cc(S(=O)(=O)NC3(C#N)CC3)cc3c(-c4nnc(C(F)(F)F)s4)nn(C)c23)=C(CN(C)C)C1. The Morgan fingerprint density at radius 1 is 1.18 bits per heavy atom. The smallest absolute Gasteiger partial charge is 0.305 e. The topological polar surface area (TPSA) is 154 Å². The molecule has 1 N–H and O–H groups in total. The van der Waals surface area contributed by atoms with Crippen LogP contribution in [0.2, 0.25) is 0 Å². The molecular weight excluding hydrogens is 642 g/mol. The number of aromatic nitrogens is 4. The molecule has 2 aliphatic rings. The van der Waals surface area contributed by atoms with Crippen LogP contribution in [0.4, 0.5) is 13.2 Å². The molecule has 0 radical (unpaired) electrons. The third kappa shape index (κ3) is 6.00. The van der Waals surface area contributed by atoms with Gasteiger partial charge in [0.25, 0.3) is 0 Å². The summed E-state index contributed by atoms with van der Waals surface area (Å²) in [5.41, 5.74) is 1.13. The number of likely N-dealkylation sites (N-methyl/N-ethyl adjacent to an activating group) is 1. The van der Waals surface area contributed by atoms with Gasteiger partial charge in [0.2, 0.25) is 25.1 Å². The number of hydrogen-bond acceptors (Lipinski definition) is 10. The zero-order valence-corrected chi connectivity index (χ0v) is 27.0. The van der Waals surface area contributed by atoms with Crippen molar-refractivity contribution < 1.29 is 30.0 Å². The number of aryl methyl sites for hydroxylation is 1. The largest absolute Gasteiger partial charge is 0.445 e. The summed E-state index contributed by atoms with van der Waals surface area (Å²) >= 11 is 0.291. The van der Waals surface area contributed by atoms with Crippen molar-refractivity contribution in [1.82, 2.24) is 33.9 Å². The Kier molecular flexibility index (Phi) is 8.21. The van der Waals surface area contributed by atoms with Gasteiger partial charge in [0, 0.05) is 37.6 Å². The Morgan fingerprint density at radius 3 is 2.41 bits per heavy atom. The van der Waals surface area contributed by atoms with E-state index in [2.05, 4.69) is 20.0 Å². The van der Waals surface area contributed by atoms with E-state index in [0.29, 0.717) is 47.4 Å². The van der Waals surface area contributed by atoms with Crippen molar-refractivity contribution in [2.24, 2.45) is 7.05 Å². The molecule has 12 nitrogen and oxygen atoms in total. The van der Waals surface area contributed by atoms with Crippen LogP contribution in [0.1, 0.15) is 43.7 Å². The predicted octanol–water partition coefficient (Wildman–Crippen LogP) is 3.20. The molecule has 0 spiro atoms. The number of rotatable bonds is 9. The number of nitrogens with zero attached hydrogens (tertiary/aromatic N) is 7. The first kappa shape index (κ1) is 32.4. The zero-order valence-electron chi connectivity index (χ0n) is 24.6. The molecule has 1 fully saturated rings. The number of hydrogen-bond donors (Lipinski definition) is 1. The van der Waals surface area contributed by atoms with Crippen LogP contribution in [0, 0.1) is 11.3 Å². The van der Waals surface area contributed by atoms with E-state index >= 15 is 0 Å². The molecule has 1 saturated carbocycles. The lowest BCUT2D eigenvalue weighted by atomic mass is 9.92. The monoisotopic (exact) mass is 672 g/mol. The standard InChI is InChI=1S/C26H31F3N8O4S3/c1-15(2)44(40,41)37-9-6-18(16(13-37)12-35(3)4)19-10-17(43(38,39)34-25(14-30)7-8-25)11-20-21(33-36(5)22(19)20)23-31-32-24(42-23)26(27,28)29/h10-11,15,34H,6-9,12-13H2,1-5H3. The number of sulfonamides is 2. The van der Waals surface area contributed by atoms with E-state index < -0.39 is 42.0 Å². The Bertz CT molecular complexity index is 1920. The average molecular weight is 673 g/mol. The van der Waals surface area contributed by atoms with Gasteiger partial charge in [0.05, 0.1) is 21.7 Å². The van der Waals surface area contributed by atoms with Crippen LogP contribution in [-0.4, -0.2) is 90.5 Å². The Hall–Kier alpha value is -2.95. The molecule has 2 aromatic heterocycles. The summed E-state index contributed by atoms with van der Waals surface area (Å²) in [7, 11) is -2.62. The van der Waals surface area contributed by atoms with Crippen molar-refractivity contribution in [3.63, 3.8) is 0 Å². The van der Waals surface area contributed by atoms with Gasteiger partial charge in [-0.3, -0.25) is 4.68 Å². The molecule has 0 saturated heterocycles. The van der Waals surface area contributed by atoms with E-state index in [1.54, 1.807) is 20.9 Å². The number of halogens is 3. The van der Waals surface area contributed by atoms with Crippen molar-refractivity contribution in [3.05, 3.63) is 28.3 Å². The van der Waals surface area contributed by atoms with Crippen LogP contribution in [0.3, 0.4) is 0 Å². The number of nitrogens with one attached hydrogen (secondary N) is 1. The van der Waals surface area contributed by atoms with Gasteiger partial charge in [-0.15, -0.1) is 10.2 Å². The van der Waals surface area contributed by atoms with Gasteiger partial charge in [0.15, 0.2) is 5.01 Å². The zero-order chi connectivity index (χ0) is 32.4. The molecule has 0 atom stereocenters. The van der Waals surface area contributed by atoms with E-state index in [4.69, 9.17) is 0 Å². The highest BCUT2D eigenvalue weighted by molar-refractivity contribution is 7.90. The minimum absolute atomic E-state index is 0.0183. The molecule has 1 aromatic carbocycles. The molecule has 0 unspecified atom stereocenters. The lowest BCUT2D eigenvalue weighted by Crippen LogP contribution is -2.42. The second-order valence-electron chi connectivity index (χ2n) is 11.5. The van der Waals surface area contributed by atoms with Crippen molar-refractivity contribution in [2.45, 2.75) is 55.0 Å². The van der Waals surface area contributed by atoms with Crippen LogP contribution in [0.15, 0.2) is 22.6 Å². The van der Waals surface area contributed by atoms with E-state index in [0.717, 1.165) is 5.57 Å². The lowest BCUT2D eigenvalue weighted by molar-refractivity contribution is -0.138. The van der Waals surface area contributed by atoms with E-state index in [9.17, 15) is 35.3 Å². The summed E-state index contributed by atoms with van der Waals surface area (Å²) in [6.45, 7) is 3.81. The molecule has 3 heterocycles. The second-order valence-corrected chi connectivity index (χ2v) is 16.7. The first-order valence-electron chi connectivity index (χ1n) is 13.6. The van der Waals surface area contributed by atoms with Gasteiger partial charge >= 0.3 is 6.18 Å². The van der Waals surface area contributed by atoms with Crippen LogP contribution in [-0.2, 0) is 33.3 Å². The molecule has 238 valence electrons. The van der Waals surface area contributed by atoms with Gasteiger partial charge in [-0.2, -0.15) is 32.6 Å². The summed E-state index contributed by atoms with van der Waals surface area (Å²) in [5, 5.41) is 19.3. The van der Waals surface area contributed by atoms with Crippen LogP contribution in [0.25, 0.3) is 27.2 Å². The molecule has 44 heavy (non-hydrogen) atoms. The summed E-state index contributed by atoms with van der Waals surface area (Å²) in [4.78, 5) is 1.67. The highest BCUT2D eigenvalue weighted by atomic mass is 32.2. The Labute approximate surface area is 257 Å². The maximum atomic E-state index is 13.7. The molecular formula is C26H31F3N8O4S3. The first-order chi connectivity index (χ1) is 20.4. The highest BCUT2D eigenvalue weighted by Crippen LogP contribution is 2.42. The normalized spacial score (nSPS) is 18.0. The fourth-order valence-corrected chi connectivity index (χ4v) is 8.63. The summed E-state index contributed by atoms with van der Waals surface area (Å²) < 4.78 is 99.0. The highest BCUT2D eigenvalue weighted by Gasteiger charge is 2.47. The third-order valence-corrected chi connectivity index (χ3v) is 12.3. The Morgan fingerprint density at radius 2 is 1.86 bits per heavy atom. The first-order valence-corrected chi connectivity index (χ1v) is 17.4. The number of alkyl halides is 3. The summed E-state index contributed by atoms with van der Waals surface area (Å²) in [6, 6.07) is 4.78. The Balaban J connectivity index is 1.77. The van der Waals surface area contributed by atoms with Crippen molar-refractivity contribution in [2.75, 3.05) is 33.7 Å². The average Bonchev–Trinajstić information content (AvgIpc) is 3.34. The van der Waals surface area contributed by atoms with Gasteiger partial charge in [-0.1, -0.05) is 11.3 Å². The van der Waals surface area contributed by atoms with Crippen LogP contribution >= 0.6 is 11.3 Å². The number of fused-ring (bicyclic) bond motifs is 1. The van der Waals surface area contributed by atoms with E-state index in [-0.39, 0.29) is 40.5 Å². The summed E-state index contributed by atoms with van der Waals surface area (Å²) in [6.07, 6.45) is -3.78. The van der Waals surface area contributed by atoms with Gasteiger partial charge in [-0.25, -0.2) is 16.8 Å². The van der Waals surface area contributed by atoms with E-state index in [1.807, 2.05) is 25.1 Å².